The van der Waals surface area contributed by atoms with Crippen LogP contribution in [0.2, 0.25) is 5.02 Å². The summed E-state index contributed by atoms with van der Waals surface area (Å²) in [6.07, 6.45) is 1.58. The molecule has 0 radical (unpaired) electrons. The van der Waals surface area contributed by atoms with Gasteiger partial charge in [-0.1, -0.05) is 11.6 Å². The number of amides is 2. The number of piperazine rings is 1. The predicted octanol–water partition coefficient (Wildman–Crippen LogP) is 2.53. The Morgan fingerprint density at radius 3 is 2.82 bits per heavy atom. The first-order valence-corrected chi connectivity index (χ1v) is 9.43. The van der Waals surface area contributed by atoms with Crippen molar-refractivity contribution in [3.05, 3.63) is 41.2 Å². The molecule has 8 nitrogen and oxygen atoms in total. The maximum absolute atomic E-state index is 13.2. The zero-order chi connectivity index (χ0) is 19.7. The molecule has 2 amide bonds. The van der Waals surface area contributed by atoms with E-state index in [1.807, 2.05) is 28.9 Å². The summed E-state index contributed by atoms with van der Waals surface area (Å²) in [5, 5.41) is 9.58. The molecule has 1 aromatic carbocycles. The molecule has 1 saturated heterocycles. The SMILES string of the molecule is CC1COc2cc(Cl)ccc2N1C(=O)N1CCN(c2nccc(C#N)n2)CC1. The number of ether oxygens (including phenoxy) is 1. The second kappa shape index (κ2) is 7.52. The van der Waals surface area contributed by atoms with Crippen molar-refractivity contribution in [2.45, 2.75) is 13.0 Å². The number of fused-ring (bicyclic) bond motifs is 1. The fourth-order valence-corrected chi connectivity index (χ4v) is 3.59. The number of anilines is 2. The molecule has 144 valence electrons. The number of benzene rings is 1. The summed E-state index contributed by atoms with van der Waals surface area (Å²) in [6.45, 7) is 4.69. The Hall–Kier alpha value is -3.05. The number of carbonyl (C=O) groups excluding carboxylic acids is 1. The van der Waals surface area contributed by atoms with Crippen LogP contribution in [-0.4, -0.2) is 59.7 Å². The molecule has 1 unspecified atom stereocenters. The molecule has 1 aromatic heterocycles. The van der Waals surface area contributed by atoms with Crippen molar-refractivity contribution in [3.8, 4) is 11.8 Å². The van der Waals surface area contributed by atoms with Crippen LogP contribution in [0.5, 0.6) is 5.75 Å². The molecule has 1 fully saturated rings. The molecular formula is C19H19ClN6O2. The van der Waals surface area contributed by atoms with Gasteiger partial charge in [-0.25, -0.2) is 14.8 Å². The molecule has 0 bridgehead atoms. The molecular weight excluding hydrogens is 380 g/mol. The van der Waals surface area contributed by atoms with Crippen molar-refractivity contribution in [1.82, 2.24) is 14.9 Å². The topological polar surface area (TPSA) is 85.6 Å². The quantitative estimate of drug-likeness (QED) is 0.733. The minimum absolute atomic E-state index is 0.0503. The molecule has 2 aliphatic heterocycles. The lowest BCUT2D eigenvalue weighted by atomic mass is 10.1. The number of urea groups is 1. The Labute approximate surface area is 167 Å². The van der Waals surface area contributed by atoms with Gasteiger partial charge in [0, 0.05) is 43.5 Å². The van der Waals surface area contributed by atoms with Gasteiger partial charge in [-0.05, 0) is 25.1 Å². The van der Waals surface area contributed by atoms with Gasteiger partial charge >= 0.3 is 6.03 Å². The van der Waals surface area contributed by atoms with Crippen molar-refractivity contribution < 1.29 is 9.53 Å². The maximum atomic E-state index is 13.2. The van der Waals surface area contributed by atoms with Crippen LogP contribution in [0.3, 0.4) is 0 Å². The third-order valence-corrected chi connectivity index (χ3v) is 5.13. The summed E-state index contributed by atoms with van der Waals surface area (Å²) >= 11 is 6.05. The summed E-state index contributed by atoms with van der Waals surface area (Å²) in [5.41, 5.74) is 1.07. The molecule has 4 rings (SSSR count). The Morgan fingerprint density at radius 2 is 2.07 bits per heavy atom. The number of carbonyl (C=O) groups is 1. The first kappa shape index (κ1) is 18.3. The van der Waals surface area contributed by atoms with E-state index >= 15 is 0 Å². The van der Waals surface area contributed by atoms with Gasteiger partial charge in [0.25, 0.3) is 0 Å². The zero-order valence-electron chi connectivity index (χ0n) is 15.4. The summed E-state index contributed by atoms with van der Waals surface area (Å²) in [4.78, 5) is 27.3. The first-order chi connectivity index (χ1) is 13.6. The van der Waals surface area contributed by atoms with Gasteiger partial charge < -0.3 is 14.5 Å². The zero-order valence-corrected chi connectivity index (χ0v) is 16.1. The number of aromatic nitrogens is 2. The Kier molecular flexibility index (Phi) is 4.92. The Bertz CT molecular complexity index is 938. The van der Waals surface area contributed by atoms with E-state index in [2.05, 4.69) is 9.97 Å². The molecule has 0 aliphatic carbocycles. The second-order valence-electron chi connectivity index (χ2n) is 6.75. The maximum Gasteiger partial charge on any atom is 0.325 e. The third-order valence-electron chi connectivity index (χ3n) is 4.90. The van der Waals surface area contributed by atoms with E-state index in [1.165, 1.54) is 0 Å². The molecule has 28 heavy (non-hydrogen) atoms. The van der Waals surface area contributed by atoms with Crippen molar-refractivity contribution >= 4 is 29.3 Å². The van der Waals surface area contributed by atoms with Crippen molar-refractivity contribution in [3.63, 3.8) is 0 Å². The molecule has 0 spiro atoms. The first-order valence-electron chi connectivity index (χ1n) is 9.05. The van der Waals surface area contributed by atoms with Gasteiger partial charge in [-0.3, -0.25) is 4.90 Å². The number of nitrogens with zero attached hydrogens (tertiary/aromatic N) is 6. The molecule has 3 heterocycles. The van der Waals surface area contributed by atoms with Crippen molar-refractivity contribution in [2.75, 3.05) is 42.6 Å². The van der Waals surface area contributed by atoms with Gasteiger partial charge in [-0.15, -0.1) is 0 Å². The average Bonchev–Trinajstić information content (AvgIpc) is 2.73. The summed E-state index contributed by atoms with van der Waals surface area (Å²) in [7, 11) is 0. The summed E-state index contributed by atoms with van der Waals surface area (Å²) in [5.74, 6) is 1.14. The lowest BCUT2D eigenvalue weighted by Crippen LogP contribution is -2.56. The smallest absolute Gasteiger partial charge is 0.325 e. The third kappa shape index (κ3) is 3.41. The molecule has 9 heteroatoms. The van der Waals surface area contributed by atoms with Crippen LogP contribution in [0.1, 0.15) is 12.6 Å². The van der Waals surface area contributed by atoms with Crippen LogP contribution in [-0.2, 0) is 0 Å². The van der Waals surface area contributed by atoms with Gasteiger partial charge in [0.15, 0.2) is 0 Å². The van der Waals surface area contributed by atoms with Gasteiger partial charge in [0.05, 0.1) is 11.7 Å². The highest BCUT2D eigenvalue weighted by molar-refractivity contribution is 6.30. The number of hydrogen-bond donors (Lipinski definition) is 0. The number of halogens is 1. The molecule has 1 atom stereocenters. The van der Waals surface area contributed by atoms with Crippen molar-refractivity contribution in [1.29, 1.82) is 5.26 Å². The van der Waals surface area contributed by atoms with E-state index in [0.29, 0.717) is 55.2 Å². The standard InChI is InChI=1S/C19H19ClN6O2/c1-13-12-28-17-10-14(20)2-3-16(17)26(13)19(27)25-8-6-24(7-9-25)18-22-5-4-15(11-21)23-18/h2-5,10,13H,6-9,12H2,1H3. The normalized spacial score (nSPS) is 18.9. The summed E-state index contributed by atoms with van der Waals surface area (Å²) in [6, 6.07) is 8.80. The van der Waals surface area contributed by atoms with Crippen LogP contribution in [0, 0.1) is 11.3 Å². The highest BCUT2D eigenvalue weighted by Crippen LogP contribution is 2.36. The Morgan fingerprint density at radius 1 is 1.29 bits per heavy atom. The molecule has 2 aliphatic rings. The minimum Gasteiger partial charge on any atom is -0.489 e. The highest BCUT2D eigenvalue weighted by Gasteiger charge is 2.34. The largest absolute Gasteiger partial charge is 0.489 e. The fraction of sp³-hybridized carbons (Fsp3) is 0.368. The second-order valence-corrected chi connectivity index (χ2v) is 7.19. The van der Waals surface area contributed by atoms with Gasteiger partial charge in [0.2, 0.25) is 5.95 Å². The monoisotopic (exact) mass is 398 g/mol. The predicted molar refractivity (Wildman–Crippen MR) is 105 cm³/mol. The molecule has 0 N–H and O–H groups in total. The minimum atomic E-state index is -0.0742. The molecule has 2 aromatic rings. The molecule has 0 saturated carbocycles. The number of nitriles is 1. The van der Waals surface area contributed by atoms with E-state index in [-0.39, 0.29) is 12.1 Å². The van der Waals surface area contributed by atoms with Crippen LogP contribution in [0.15, 0.2) is 30.5 Å². The Balaban J connectivity index is 1.48. The van der Waals surface area contributed by atoms with Crippen molar-refractivity contribution in [2.24, 2.45) is 0 Å². The lowest BCUT2D eigenvalue weighted by Gasteiger charge is -2.41. The van der Waals surface area contributed by atoms with Gasteiger partial charge in [0.1, 0.15) is 24.1 Å². The number of rotatable bonds is 1. The van der Waals surface area contributed by atoms with E-state index in [9.17, 15) is 4.79 Å². The van der Waals surface area contributed by atoms with Crippen LogP contribution >= 0.6 is 11.6 Å². The van der Waals surface area contributed by atoms with E-state index < -0.39 is 0 Å². The highest BCUT2D eigenvalue weighted by atomic mass is 35.5. The lowest BCUT2D eigenvalue weighted by molar-refractivity contribution is 0.190. The van der Waals surface area contributed by atoms with E-state index in [4.69, 9.17) is 21.6 Å². The fourth-order valence-electron chi connectivity index (χ4n) is 3.43. The summed E-state index contributed by atoms with van der Waals surface area (Å²) < 4.78 is 5.73. The van der Waals surface area contributed by atoms with Crippen LogP contribution in [0.4, 0.5) is 16.4 Å². The average molecular weight is 399 g/mol. The number of hydrogen-bond acceptors (Lipinski definition) is 6. The van der Waals surface area contributed by atoms with E-state index in [1.54, 1.807) is 29.3 Å². The van der Waals surface area contributed by atoms with Crippen LogP contribution < -0.4 is 14.5 Å². The van der Waals surface area contributed by atoms with E-state index in [0.717, 1.165) is 5.69 Å². The van der Waals surface area contributed by atoms with Gasteiger partial charge in [-0.2, -0.15) is 5.26 Å². The van der Waals surface area contributed by atoms with Crippen LogP contribution in [0.25, 0.3) is 0 Å².